The Hall–Kier alpha value is -4.79. The predicted octanol–water partition coefficient (Wildman–Crippen LogP) is 4.76. The molecule has 0 fully saturated rings. The number of carboxylic acid groups (broad SMARTS) is 1. The number of aromatic carboxylic acids is 1. The van der Waals surface area contributed by atoms with E-state index in [0.717, 1.165) is 11.1 Å². The molecule has 9 nitrogen and oxygen atoms in total. The molecular weight excluding hydrogens is 522 g/mol. The van der Waals surface area contributed by atoms with Gasteiger partial charge in [0.05, 0.1) is 35.8 Å². The lowest BCUT2D eigenvalue weighted by Crippen LogP contribution is -2.32. The van der Waals surface area contributed by atoms with Gasteiger partial charge in [0.1, 0.15) is 0 Å². The highest BCUT2D eigenvalue weighted by molar-refractivity contribution is 6.00. The van der Waals surface area contributed by atoms with Crippen molar-refractivity contribution in [3.05, 3.63) is 118 Å². The summed E-state index contributed by atoms with van der Waals surface area (Å²) in [6.45, 7) is 3.88. The molecule has 0 radical (unpaired) electrons. The van der Waals surface area contributed by atoms with Gasteiger partial charge in [0.2, 0.25) is 0 Å². The Labute approximate surface area is 238 Å². The molecule has 9 heteroatoms. The van der Waals surface area contributed by atoms with E-state index < -0.39 is 23.8 Å². The number of esters is 2. The van der Waals surface area contributed by atoms with E-state index in [1.165, 1.54) is 12.1 Å². The maximum atomic E-state index is 13.5. The third-order valence-electron chi connectivity index (χ3n) is 6.82. The average molecular weight is 556 g/mol. The summed E-state index contributed by atoms with van der Waals surface area (Å²) in [5.74, 6) is -2.97. The molecule has 1 aliphatic heterocycles. The monoisotopic (exact) mass is 555 g/mol. The van der Waals surface area contributed by atoms with Crippen LogP contribution in [0.4, 0.5) is 0 Å². The highest BCUT2D eigenvalue weighted by atomic mass is 16.5. The molecule has 1 aromatic carbocycles. The van der Waals surface area contributed by atoms with Gasteiger partial charge >= 0.3 is 17.9 Å². The number of carboxylic acids is 1. The first kappa shape index (κ1) is 29.2. The van der Waals surface area contributed by atoms with Gasteiger partial charge in [0, 0.05) is 36.2 Å². The zero-order chi connectivity index (χ0) is 29.2. The van der Waals surface area contributed by atoms with E-state index >= 15 is 0 Å². The van der Waals surface area contributed by atoms with Crippen molar-refractivity contribution in [2.75, 3.05) is 13.2 Å². The fraction of sp³-hybridized carbons (Fsp3) is 0.281. The Morgan fingerprint density at radius 3 is 1.68 bits per heavy atom. The van der Waals surface area contributed by atoms with Crippen LogP contribution in [0.1, 0.15) is 59.7 Å². The number of carbonyl (C=O) groups is 3. The minimum atomic E-state index is -1.07. The first-order valence-electron chi connectivity index (χ1n) is 13.5. The normalized spacial score (nSPS) is 13.5. The minimum absolute atomic E-state index is 0.100. The fourth-order valence-corrected chi connectivity index (χ4v) is 4.82. The largest absolute Gasteiger partial charge is 0.478 e. The van der Waals surface area contributed by atoms with E-state index in [2.05, 4.69) is 15.3 Å². The summed E-state index contributed by atoms with van der Waals surface area (Å²) in [7, 11) is 0. The van der Waals surface area contributed by atoms with E-state index in [0.29, 0.717) is 42.6 Å². The smallest absolute Gasteiger partial charge is 0.336 e. The van der Waals surface area contributed by atoms with Gasteiger partial charge in [-0.3, -0.25) is 9.97 Å². The topological polar surface area (TPSA) is 128 Å². The van der Waals surface area contributed by atoms with Gasteiger partial charge in [-0.25, -0.2) is 14.4 Å². The number of dihydropyridines is 1. The van der Waals surface area contributed by atoms with E-state index in [-0.39, 0.29) is 29.9 Å². The number of nitrogens with one attached hydrogen (secondary N) is 1. The van der Waals surface area contributed by atoms with Crippen molar-refractivity contribution in [3.8, 4) is 0 Å². The lowest BCUT2D eigenvalue weighted by molar-refractivity contribution is -0.140. The first-order chi connectivity index (χ1) is 19.8. The van der Waals surface area contributed by atoms with Crippen molar-refractivity contribution in [2.24, 2.45) is 0 Å². The number of aryl methyl sites for hydroxylation is 2. The zero-order valence-electron chi connectivity index (χ0n) is 23.1. The molecule has 0 saturated heterocycles. The molecule has 41 heavy (non-hydrogen) atoms. The molecule has 0 amide bonds. The first-order valence-corrected chi connectivity index (χ1v) is 13.5. The van der Waals surface area contributed by atoms with Gasteiger partial charge in [0.25, 0.3) is 0 Å². The van der Waals surface area contributed by atoms with Gasteiger partial charge in [0.15, 0.2) is 0 Å². The summed E-state index contributed by atoms with van der Waals surface area (Å²) in [5, 5.41) is 12.5. The molecule has 4 rings (SSSR count). The number of carbonyl (C=O) groups excluding carboxylic acids is 2. The summed E-state index contributed by atoms with van der Waals surface area (Å²) in [4.78, 5) is 46.6. The van der Waals surface area contributed by atoms with Crippen LogP contribution >= 0.6 is 0 Å². The number of aromatic nitrogens is 2. The Morgan fingerprint density at radius 2 is 1.27 bits per heavy atom. The summed E-state index contributed by atoms with van der Waals surface area (Å²) in [6, 6.07) is 13.8. The summed E-state index contributed by atoms with van der Waals surface area (Å²) in [5.41, 5.74) is 4.44. The minimum Gasteiger partial charge on any atom is -0.478 e. The van der Waals surface area contributed by atoms with Crippen LogP contribution in [0.15, 0.2) is 95.9 Å². The number of rotatable bonds is 12. The van der Waals surface area contributed by atoms with Crippen molar-refractivity contribution in [2.45, 2.75) is 45.4 Å². The second-order valence-electron chi connectivity index (χ2n) is 9.76. The number of pyridine rings is 2. The Morgan fingerprint density at radius 1 is 0.780 bits per heavy atom. The van der Waals surface area contributed by atoms with E-state index in [1.807, 2.05) is 24.3 Å². The standard InChI is InChI=1S/C32H33N3O6/c1-21-27(31(38)40-17-5-9-23-7-3-15-33-19-23)29(25-11-13-26(14-12-25)30(36)37)28(22(2)35-21)32(39)41-18-6-10-24-8-4-16-34-20-24/h3-4,7-8,11-16,19-20,29,35H,5-6,9-10,17-18H2,1-2H3,(H,36,37). The number of hydrogen-bond donors (Lipinski definition) is 2. The molecule has 0 saturated carbocycles. The number of nitrogens with zero attached hydrogens (tertiary/aromatic N) is 2. The van der Waals surface area contributed by atoms with Gasteiger partial charge in [-0.05, 0) is 80.5 Å². The van der Waals surface area contributed by atoms with Crippen molar-refractivity contribution in [3.63, 3.8) is 0 Å². The molecule has 0 spiro atoms. The van der Waals surface area contributed by atoms with Crippen molar-refractivity contribution in [1.82, 2.24) is 15.3 Å². The molecular formula is C32H33N3O6. The van der Waals surface area contributed by atoms with Crippen LogP contribution in [0, 0.1) is 0 Å². The number of ether oxygens (including phenoxy) is 2. The summed E-state index contributed by atoms with van der Waals surface area (Å²) in [6.07, 6.45) is 9.58. The lowest BCUT2D eigenvalue weighted by Gasteiger charge is -2.30. The maximum absolute atomic E-state index is 13.5. The predicted molar refractivity (Wildman–Crippen MR) is 152 cm³/mol. The molecule has 1 aliphatic rings. The van der Waals surface area contributed by atoms with Crippen molar-refractivity contribution in [1.29, 1.82) is 0 Å². The van der Waals surface area contributed by atoms with E-state index in [1.54, 1.807) is 50.8 Å². The van der Waals surface area contributed by atoms with Crippen LogP contribution in [0.2, 0.25) is 0 Å². The van der Waals surface area contributed by atoms with Crippen LogP contribution in [0.25, 0.3) is 0 Å². The third kappa shape index (κ3) is 7.66. The molecule has 212 valence electrons. The van der Waals surface area contributed by atoms with Crippen molar-refractivity contribution < 1.29 is 29.0 Å². The zero-order valence-corrected chi connectivity index (χ0v) is 23.1. The van der Waals surface area contributed by atoms with Crippen LogP contribution in [0.3, 0.4) is 0 Å². The average Bonchev–Trinajstić information content (AvgIpc) is 2.98. The Balaban J connectivity index is 1.52. The SMILES string of the molecule is CC1=C(C(=O)OCCCc2cccnc2)C(c2ccc(C(=O)O)cc2)C(C(=O)OCCCc2cccnc2)=C(C)N1. The second-order valence-corrected chi connectivity index (χ2v) is 9.76. The van der Waals surface area contributed by atoms with Crippen LogP contribution in [0.5, 0.6) is 0 Å². The van der Waals surface area contributed by atoms with Gasteiger partial charge in [-0.1, -0.05) is 24.3 Å². The van der Waals surface area contributed by atoms with Gasteiger partial charge in [-0.15, -0.1) is 0 Å². The van der Waals surface area contributed by atoms with Crippen molar-refractivity contribution >= 4 is 17.9 Å². The van der Waals surface area contributed by atoms with Gasteiger partial charge < -0.3 is 19.9 Å². The van der Waals surface area contributed by atoms with Crippen LogP contribution in [-0.4, -0.2) is 46.2 Å². The Bertz CT molecular complexity index is 1350. The molecule has 0 aliphatic carbocycles. The molecule has 0 unspecified atom stereocenters. The van der Waals surface area contributed by atoms with Crippen LogP contribution in [-0.2, 0) is 31.9 Å². The second kappa shape index (κ2) is 14.0. The third-order valence-corrected chi connectivity index (χ3v) is 6.82. The summed E-state index contributed by atoms with van der Waals surface area (Å²) >= 11 is 0. The number of allylic oxidation sites excluding steroid dienone is 2. The number of benzene rings is 1. The van der Waals surface area contributed by atoms with Gasteiger partial charge in [-0.2, -0.15) is 0 Å². The fourth-order valence-electron chi connectivity index (χ4n) is 4.82. The van der Waals surface area contributed by atoms with E-state index in [9.17, 15) is 19.5 Å². The number of hydrogen-bond acceptors (Lipinski definition) is 8. The maximum Gasteiger partial charge on any atom is 0.336 e. The van der Waals surface area contributed by atoms with E-state index in [4.69, 9.17) is 9.47 Å². The molecule has 3 heterocycles. The lowest BCUT2D eigenvalue weighted by atomic mass is 9.80. The molecule has 0 atom stereocenters. The highest BCUT2D eigenvalue weighted by Gasteiger charge is 2.38. The Kier molecular flexibility index (Phi) is 9.99. The highest BCUT2D eigenvalue weighted by Crippen LogP contribution is 2.39. The molecule has 0 bridgehead atoms. The summed E-state index contributed by atoms with van der Waals surface area (Å²) < 4.78 is 11.3. The molecule has 2 aromatic heterocycles. The molecule has 3 aromatic rings. The quantitative estimate of drug-likeness (QED) is 0.240. The molecule has 2 N–H and O–H groups in total. The van der Waals surface area contributed by atoms with Crippen LogP contribution < -0.4 is 5.32 Å².